The van der Waals surface area contributed by atoms with Crippen molar-refractivity contribution < 1.29 is 8.95 Å². The first-order chi connectivity index (χ1) is 12.3. The summed E-state index contributed by atoms with van der Waals surface area (Å²) in [6, 6.07) is 0. The van der Waals surface area contributed by atoms with Gasteiger partial charge in [-0.3, -0.25) is 0 Å². The van der Waals surface area contributed by atoms with Crippen molar-refractivity contribution in [1.29, 1.82) is 0 Å². The Labute approximate surface area is 172 Å². The van der Waals surface area contributed by atoms with Crippen LogP contribution in [0.15, 0.2) is 5.16 Å². The van der Waals surface area contributed by atoms with Crippen molar-refractivity contribution in [3.8, 4) is 0 Å². The van der Waals surface area contributed by atoms with E-state index in [2.05, 4.69) is 95.2 Å². The number of hydrogen-bond acceptors (Lipinski definition) is 3. The van der Waals surface area contributed by atoms with Gasteiger partial charge in [-0.15, -0.1) is 5.16 Å². The summed E-state index contributed by atoms with van der Waals surface area (Å²) in [5, 5.41) is 4.57. The van der Waals surface area contributed by atoms with Gasteiger partial charge in [0.2, 0.25) is 8.32 Å². The van der Waals surface area contributed by atoms with Crippen LogP contribution < -0.4 is 0 Å². The largest absolute Gasteiger partial charge is 0.454 e. The zero-order valence-electron chi connectivity index (χ0n) is 20.6. The van der Waals surface area contributed by atoms with E-state index in [4.69, 9.17) is 8.95 Å². The molecule has 0 saturated heterocycles. The molecule has 0 rings (SSSR count). The molecule has 0 aromatic heterocycles. The lowest BCUT2D eigenvalue weighted by Gasteiger charge is -2.44. The van der Waals surface area contributed by atoms with Crippen molar-refractivity contribution in [2.75, 3.05) is 0 Å². The summed E-state index contributed by atoms with van der Waals surface area (Å²) in [5.74, 6) is 0. The van der Waals surface area contributed by atoms with Crippen LogP contribution in [0.1, 0.15) is 96.4 Å². The summed E-state index contributed by atoms with van der Waals surface area (Å²) >= 11 is 0. The normalized spacial score (nSPS) is 15.4. The van der Waals surface area contributed by atoms with Gasteiger partial charge in [0.1, 0.15) is 0 Å². The first kappa shape index (κ1) is 26.9. The van der Waals surface area contributed by atoms with Gasteiger partial charge in [0, 0.05) is 0 Å². The number of nitrogens with zero attached hydrogens (tertiary/aromatic N) is 1. The molecule has 0 aliphatic carbocycles. The highest BCUT2D eigenvalue weighted by atomic mass is 28.4. The minimum atomic E-state index is -1.97. The molecule has 0 aliphatic heterocycles. The highest BCUT2D eigenvalue weighted by Crippen LogP contribution is 2.44. The topological polar surface area (TPSA) is 30.8 Å². The van der Waals surface area contributed by atoms with Crippen LogP contribution in [0.5, 0.6) is 0 Å². The van der Waals surface area contributed by atoms with Crippen molar-refractivity contribution >= 4 is 22.8 Å². The van der Waals surface area contributed by atoms with Gasteiger partial charge in [0.05, 0.1) is 12.3 Å². The Balaban J connectivity index is 5.59. The summed E-state index contributed by atoms with van der Waals surface area (Å²) < 4.78 is 13.3. The average Bonchev–Trinajstić information content (AvgIpc) is 2.52. The molecule has 0 saturated carbocycles. The molecule has 1 atom stereocenters. The zero-order valence-corrected chi connectivity index (χ0v) is 22.6. The number of oxime groups is 1. The van der Waals surface area contributed by atoms with Crippen LogP contribution in [-0.2, 0) is 8.95 Å². The van der Waals surface area contributed by atoms with E-state index in [-0.39, 0.29) is 6.10 Å². The van der Waals surface area contributed by atoms with E-state index in [0.29, 0.717) is 33.2 Å². The lowest BCUT2D eigenvalue weighted by Crippen LogP contribution is -2.50. The van der Waals surface area contributed by atoms with Gasteiger partial charge in [-0.25, -0.2) is 0 Å². The molecule has 162 valence electrons. The van der Waals surface area contributed by atoms with E-state index < -0.39 is 16.6 Å². The lowest BCUT2D eigenvalue weighted by atomic mass is 10.3. The van der Waals surface area contributed by atoms with Crippen molar-refractivity contribution in [3.63, 3.8) is 0 Å². The third-order valence-corrected chi connectivity index (χ3v) is 18.6. The molecule has 27 heavy (non-hydrogen) atoms. The molecule has 0 aliphatic rings. The summed E-state index contributed by atoms with van der Waals surface area (Å²) in [5.41, 5.74) is 3.34. The second kappa shape index (κ2) is 11.2. The van der Waals surface area contributed by atoms with E-state index in [0.717, 1.165) is 6.42 Å². The van der Waals surface area contributed by atoms with Gasteiger partial charge in [-0.2, -0.15) is 0 Å². The van der Waals surface area contributed by atoms with Crippen molar-refractivity contribution in [1.82, 2.24) is 0 Å². The molecule has 0 fully saturated rings. The van der Waals surface area contributed by atoms with Crippen LogP contribution >= 0.6 is 0 Å². The predicted octanol–water partition coefficient (Wildman–Crippen LogP) is 8.14. The van der Waals surface area contributed by atoms with Crippen LogP contribution in [-0.4, -0.2) is 29.0 Å². The molecule has 0 bridgehead atoms. The fraction of sp³-hybridized carbons (Fsp3) is 0.955. The van der Waals surface area contributed by atoms with Gasteiger partial charge in [0.15, 0.2) is 0 Å². The van der Waals surface area contributed by atoms with E-state index in [1.165, 1.54) is 0 Å². The summed E-state index contributed by atoms with van der Waals surface area (Å²) in [4.78, 5) is 0. The van der Waals surface area contributed by atoms with E-state index in [1.54, 1.807) is 0 Å². The molecule has 0 N–H and O–H groups in total. The average molecular weight is 416 g/mol. The van der Waals surface area contributed by atoms with Crippen molar-refractivity contribution in [2.45, 2.75) is 136 Å². The minimum absolute atomic E-state index is 0.0436. The first-order valence-corrected chi connectivity index (χ1v) is 15.5. The van der Waals surface area contributed by atoms with Crippen LogP contribution in [0.2, 0.25) is 33.2 Å². The fourth-order valence-corrected chi connectivity index (χ4v) is 15.8. The maximum absolute atomic E-state index is 6.89. The second-order valence-electron chi connectivity index (χ2n) is 10.0. The highest BCUT2D eigenvalue weighted by molar-refractivity contribution is 6.78. The summed E-state index contributed by atoms with van der Waals surface area (Å²) in [6.45, 7) is 30.0. The smallest absolute Gasteiger partial charge is 0.295 e. The minimum Gasteiger partial charge on any atom is -0.454 e. The molecule has 0 aromatic rings. The maximum atomic E-state index is 6.89. The third kappa shape index (κ3) is 5.92. The predicted molar refractivity (Wildman–Crippen MR) is 127 cm³/mol. The Kier molecular flexibility index (Phi) is 11.1. The van der Waals surface area contributed by atoms with Gasteiger partial charge in [-0.1, -0.05) is 90.0 Å². The molecule has 3 nitrogen and oxygen atoms in total. The zero-order chi connectivity index (χ0) is 21.6. The van der Waals surface area contributed by atoms with Crippen molar-refractivity contribution in [2.24, 2.45) is 5.16 Å². The molecular formula is C22H49NO2Si2. The molecule has 0 amide bonds. The molecule has 0 aromatic carbocycles. The number of hydrogen-bond donors (Lipinski definition) is 0. The molecule has 5 heteroatoms. The summed E-state index contributed by atoms with van der Waals surface area (Å²) in [7, 11) is -3.88. The Morgan fingerprint density at radius 2 is 0.963 bits per heavy atom. The Hall–Kier alpha value is -0.136. The number of rotatable bonds is 12. The van der Waals surface area contributed by atoms with Crippen LogP contribution in [0, 0.1) is 0 Å². The van der Waals surface area contributed by atoms with Gasteiger partial charge in [0.25, 0.3) is 8.32 Å². The Morgan fingerprint density at radius 1 is 0.630 bits per heavy atom. The van der Waals surface area contributed by atoms with E-state index >= 15 is 0 Å². The molecule has 1 unspecified atom stereocenters. The first-order valence-electron chi connectivity index (χ1n) is 11.2. The fourth-order valence-electron chi connectivity index (χ4n) is 5.40. The Morgan fingerprint density at radius 3 is 1.22 bits per heavy atom. The summed E-state index contributed by atoms with van der Waals surface area (Å²) in [6.07, 6.45) is 2.94. The van der Waals surface area contributed by atoms with Crippen molar-refractivity contribution in [3.05, 3.63) is 0 Å². The Bertz CT molecular complexity index is 402. The monoisotopic (exact) mass is 415 g/mol. The lowest BCUT2D eigenvalue weighted by molar-refractivity contribution is 0.224. The van der Waals surface area contributed by atoms with Gasteiger partial charge in [-0.05, 0) is 39.7 Å². The van der Waals surface area contributed by atoms with Gasteiger partial charge >= 0.3 is 0 Å². The van der Waals surface area contributed by atoms with E-state index in [1.807, 2.05) is 6.21 Å². The molecule has 0 heterocycles. The third-order valence-electron chi connectivity index (χ3n) is 6.61. The molecular weight excluding hydrogens is 366 g/mol. The van der Waals surface area contributed by atoms with Crippen LogP contribution in [0.25, 0.3) is 0 Å². The standard InChI is InChI=1S/C22H49NO2Si2/c1-14-22(24-26(16(2)3,17(4)5)18(6)7)15-23-25-27(19(8)9,20(10)11)21(12)13/h15-22H,14H2,1-13H3/b23-15+. The van der Waals surface area contributed by atoms with Crippen LogP contribution in [0.3, 0.4) is 0 Å². The molecule has 0 spiro atoms. The second-order valence-corrected chi connectivity index (χ2v) is 20.8. The quantitative estimate of drug-likeness (QED) is 0.183. The highest BCUT2D eigenvalue weighted by Gasteiger charge is 2.48. The SMILES string of the molecule is CCC(/C=N/O[Si](C(C)C)(C(C)C)C(C)C)O[Si](C(C)C)(C(C)C)C(C)C. The maximum Gasteiger partial charge on any atom is 0.295 e. The van der Waals surface area contributed by atoms with Gasteiger partial charge < -0.3 is 8.95 Å². The molecule has 0 radical (unpaired) electrons. The van der Waals surface area contributed by atoms with Crippen LogP contribution in [0.4, 0.5) is 0 Å². The van der Waals surface area contributed by atoms with E-state index in [9.17, 15) is 0 Å².